The van der Waals surface area contributed by atoms with Crippen LogP contribution in [0.15, 0.2) is 10.2 Å². The highest BCUT2D eigenvalue weighted by Gasteiger charge is 1.99. The third-order valence-corrected chi connectivity index (χ3v) is 1.76. The number of aliphatic imine (C=N–C) groups is 1. The van der Waals surface area contributed by atoms with Gasteiger partial charge in [-0.25, -0.2) is 4.99 Å². The second-order valence-electron chi connectivity index (χ2n) is 3.02. The summed E-state index contributed by atoms with van der Waals surface area (Å²) < 4.78 is 0. The minimum atomic E-state index is -0.177. The van der Waals surface area contributed by atoms with Crippen LogP contribution in [-0.4, -0.2) is 18.5 Å². The molecule has 0 aromatic carbocycles. The smallest absolute Gasteiger partial charge is 0.257 e. The van der Waals surface area contributed by atoms with Crippen LogP contribution in [0.2, 0.25) is 0 Å². The van der Waals surface area contributed by atoms with Gasteiger partial charge in [-0.15, -0.1) is 4.91 Å². The Morgan fingerprint density at radius 2 is 2.15 bits per heavy atom. The van der Waals surface area contributed by atoms with E-state index in [1.807, 2.05) is 0 Å². The summed E-state index contributed by atoms with van der Waals surface area (Å²) in [6.07, 6.45) is 3.91. The Bertz CT molecular complexity index is 170. The second kappa shape index (κ2) is 7.67. The number of rotatable bonds is 6. The Morgan fingerprint density at radius 1 is 1.46 bits per heavy atom. The molecule has 0 heterocycles. The zero-order valence-corrected chi connectivity index (χ0v) is 8.07. The van der Waals surface area contributed by atoms with Crippen LogP contribution in [-0.2, 0) is 0 Å². The number of hydrogen-bond donors (Lipinski definition) is 2. The van der Waals surface area contributed by atoms with E-state index < -0.39 is 0 Å². The average molecular weight is 186 g/mol. The molecule has 0 rings (SSSR count). The van der Waals surface area contributed by atoms with Gasteiger partial charge < -0.3 is 11.5 Å². The lowest BCUT2D eigenvalue weighted by molar-refractivity contribution is 0.544. The van der Waals surface area contributed by atoms with E-state index in [-0.39, 0.29) is 12.0 Å². The molecule has 0 saturated carbocycles. The predicted octanol–water partition coefficient (Wildman–Crippen LogP) is 0.975. The van der Waals surface area contributed by atoms with Crippen molar-refractivity contribution in [3.63, 3.8) is 0 Å². The summed E-state index contributed by atoms with van der Waals surface area (Å²) in [6, 6.07) is 0.241. The van der Waals surface area contributed by atoms with Crippen molar-refractivity contribution >= 4 is 5.96 Å². The van der Waals surface area contributed by atoms with Gasteiger partial charge in [0.2, 0.25) is 0 Å². The highest BCUT2D eigenvalue weighted by atomic mass is 16.3. The maximum Gasteiger partial charge on any atom is 0.257 e. The van der Waals surface area contributed by atoms with Crippen LogP contribution in [0.5, 0.6) is 0 Å². The van der Waals surface area contributed by atoms with Crippen LogP contribution in [0.4, 0.5) is 0 Å². The zero-order valence-electron chi connectivity index (χ0n) is 8.07. The third kappa shape index (κ3) is 7.39. The monoisotopic (exact) mass is 186 g/mol. The quantitative estimate of drug-likeness (QED) is 0.280. The van der Waals surface area contributed by atoms with Crippen LogP contribution >= 0.6 is 0 Å². The molecule has 0 aromatic heterocycles. The van der Waals surface area contributed by atoms with Crippen molar-refractivity contribution in [3.05, 3.63) is 4.91 Å². The predicted molar refractivity (Wildman–Crippen MR) is 54.4 cm³/mol. The molecular formula is C8H18N4O. The van der Waals surface area contributed by atoms with Gasteiger partial charge in [0, 0.05) is 17.8 Å². The average Bonchev–Trinajstić information content (AvgIpc) is 2.12. The second-order valence-corrected chi connectivity index (χ2v) is 3.02. The summed E-state index contributed by atoms with van der Waals surface area (Å²) in [5, 5.41) is 2.49. The molecule has 0 aliphatic rings. The van der Waals surface area contributed by atoms with Crippen molar-refractivity contribution in [3.8, 4) is 0 Å². The van der Waals surface area contributed by atoms with Gasteiger partial charge in [0.15, 0.2) is 0 Å². The van der Waals surface area contributed by atoms with E-state index >= 15 is 0 Å². The highest BCUT2D eigenvalue weighted by Crippen LogP contribution is 2.01. The van der Waals surface area contributed by atoms with Gasteiger partial charge in [-0.2, -0.15) is 0 Å². The molecule has 0 amide bonds. The van der Waals surface area contributed by atoms with Crippen LogP contribution in [0, 0.1) is 4.91 Å². The van der Waals surface area contributed by atoms with Gasteiger partial charge >= 0.3 is 0 Å². The Hall–Kier alpha value is -0.970. The van der Waals surface area contributed by atoms with E-state index in [0.29, 0.717) is 6.54 Å². The number of hydrogen-bond acceptors (Lipinski definition) is 3. The van der Waals surface area contributed by atoms with E-state index in [0.717, 1.165) is 25.7 Å². The number of nitrogens with two attached hydrogens (primary N) is 2. The van der Waals surface area contributed by atoms with Crippen LogP contribution < -0.4 is 11.5 Å². The Kier molecular flexibility index (Phi) is 7.10. The molecular weight excluding hydrogens is 168 g/mol. The number of guanidine groups is 1. The largest absolute Gasteiger partial charge is 0.365 e. The summed E-state index contributed by atoms with van der Waals surface area (Å²) in [4.78, 5) is 13.5. The number of nitrogens with zero attached hydrogens (tertiary/aromatic N) is 2. The van der Waals surface area contributed by atoms with E-state index in [1.54, 1.807) is 0 Å². The van der Waals surface area contributed by atoms with E-state index in [1.165, 1.54) is 0 Å². The molecule has 0 aliphatic heterocycles. The van der Waals surface area contributed by atoms with Gasteiger partial charge in [0.05, 0.1) is 0 Å². The van der Waals surface area contributed by atoms with Crippen molar-refractivity contribution in [2.24, 2.45) is 21.6 Å². The first-order valence-electron chi connectivity index (χ1n) is 4.59. The van der Waals surface area contributed by atoms with Gasteiger partial charge in [0.25, 0.3) is 5.96 Å². The van der Waals surface area contributed by atoms with Gasteiger partial charge in [-0.1, -0.05) is 13.3 Å². The van der Waals surface area contributed by atoms with E-state index in [2.05, 4.69) is 17.1 Å². The van der Waals surface area contributed by atoms with Crippen molar-refractivity contribution in [2.75, 3.05) is 6.54 Å². The first-order valence-corrected chi connectivity index (χ1v) is 4.59. The third-order valence-electron chi connectivity index (χ3n) is 1.76. The standard InChI is InChI=1S/C8H18N4O/c1-2-4-7(9)5-3-6-11-8(10)12-13/h7H,2-6,9H2,1H3,(H2,10,11). The molecule has 0 aliphatic carbocycles. The van der Waals surface area contributed by atoms with Crippen molar-refractivity contribution in [1.29, 1.82) is 0 Å². The molecule has 0 radical (unpaired) electrons. The molecule has 5 nitrogen and oxygen atoms in total. The molecule has 0 fully saturated rings. The van der Waals surface area contributed by atoms with Gasteiger partial charge in [0.1, 0.15) is 0 Å². The molecule has 1 unspecified atom stereocenters. The molecule has 13 heavy (non-hydrogen) atoms. The molecule has 1 atom stereocenters. The topological polar surface area (TPSA) is 93.8 Å². The summed E-state index contributed by atoms with van der Waals surface area (Å²) >= 11 is 0. The van der Waals surface area contributed by atoms with Crippen molar-refractivity contribution in [1.82, 2.24) is 0 Å². The lowest BCUT2D eigenvalue weighted by atomic mass is 10.1. The van der Waals surface area contributed by atoms with Gasteiger partial charge in [-0.3, -0.25) is 0 Å². The van der Waals surface area contributed by atoms with Crippen molar-refractivity contribution in [2.45, 2.75) is 38.6 Å². The molecule has 76 valence electrons. The Balaban J connectivity index is 3.39. The lowest BCUT2D eigenvalue weighted by Gasteiger charge is -2.07. The van der Waals surface area contributed by atoms with E-state index in [4.69, 9.17) is 11.5 Å². The molecule has 0 spiro atoms. The Morgan fingerprint density at radius 3 is 2.69 bits per heavy atom. The maximum absolute atomic E-state index is 9.80. The molecule has 4 N–H and O–H groups in total. The fraction of sp³-hybridized carbons (Fsp3) is 0.875. The Labute approximate surface area is 78.6 Å². The number of nitroso groups, excluding NO2 is 1. The minimum Gasteiger partial charge on any atom is -0.365 e. The summed E-state index contributed by atoms with van der Waals surface area (Å²) in [6.45, 7) is 2.64. The maximum atomic E-state index is 9.80. The molecule has 5 heteroatoms. The zero-order chi connectivity index (χ0) is 10.1. The van der Waals surface area contributed by atoms with Crippen molar-refractivity contribution < 1.29 is 0 Å². The summed E-state index contributed by atoms with van der Waals surface area (Å²) in [5.74, 6) is -0.177. The SMILES string of the molecule is CCCC(N)CCCN=C(N)N=O. The first kappa shape index (κ1) is 12.0. The van der Waals surface area contributed by atoms with E-state index in [9.17, 15) is 4.91 Å². The lowest BCUT2D eigenvalue weighted by Crippen LogP contribution is -2.19. The van der Waals surface area contributed by atoms with Crippen LogP contribution in [0.3, 0.4) is 0 Å². The minimum absolute atomic E-state index is 0.177. The van der Waals surface area contributed by atoms with Gasteiger partial charge in [-0.05, 0) is 19.3 Å². The van der Waals surface area contributed by atoms with Crippen LogP contribution in [0.25, 0.3) is 0 Å². The molecule has 0 bridgehead atoms. The molecule has 0 aromatic rings. The normalized spacial score (nSPS) is 14.2. The molecule has 0 saturated heterocycles. The summed E-state index contributed by atoms with van der Waals surface area (Å²) in [7, 11) is 0. The fourth-order valence-electron chi connectivity index (χ4n) is 1.09. The van der Waals surface area contributed by atoms with Crippen LogP contribution in [0.1, 0.15) is 32.6 Å². The fourth-order valence-corrected chi connectivity index (χ4v) is 1.09. The highest BCUT2D eigenvalue weighted by molar-refractivity contribution is 5.78. The first-order chi connectivity index (χ1) is 6.20. The summed E-state index contributed by atoms with van der Waals surface area (Å²) in [5.41, 5.74) is 10.9.